The van der Waals surface area contributed by atoms with Crippen molar-refractivity contribution in [2.24, 2.45) is 7.05 Å². The van der Waals surface area contributed by atoms with E-state index in [4.69, 9.17) is 4.74 Å². The van der Waals surface area contributed by atoms with Crippen LogP contribution in [0.15, 0.2) is 59.4 Å². The number of hydrogen-bond donors (Lipinski definition) is 1. The Morgan fingerprint density at radius 2 is 1.71 bits per heavy atom. The Kier molecular flexibility index (Phi) is 5.98. The van der Waals surface area contributed by atoms with Crippen LogP contribution in [-0.2, 0) is 16.6 Å². The molecule has 1 heterocycles. The molecule has 3 rings (SSSR count). The fourth-order valence-corrected chi connectivity index (χ4v) is 3.33. The molecule has 0 unspecified atom stereocenters. The average Bonchev–Trinajstić information content (AvgIpc) is 2.90. The summed E-state index contributed by atoms with van der Waals surface area (Å²) in [6.07, 6.45) is 0. The molecule has 0 saturated heterocycles. The lowest BCUT2D eigenvalue weighted by Gasteiger charge is -2.07. The molecule has 0 atom stereocenters. The summed E-state index contributed by atoms with van der Waals surface area (Å²) in [4.78, 5) is 37.1. The molecule has 7 nitrogen and oxygen atoms in total. The van der Waals surface area contributed by atoms with E-state index in [1.165, 1.54) is 4.68 Å². The summed E-state index contributed by atoms with van der Waals surface area (Å²) in [6.45, 7) is 1.25. The normalized spacial score (nSPS) is 10.5. The van der Waals surface area contributed by atoms with Crippen LogP contribution in [0.5, 0.6) is 0 Å². The van der Waals surface area contributed by atoms with Gasteiger partial charge in [0.15, 0.2) is 6.61 Å². The molecule has 144 valence electrons. The van der Waals surface area contributed by atoms with Crippen LogP contribution < -0.4 is 10.9 Å². The van der Waals surface area contributed by atoms with E-state index < -0.39 is 18.5 Å². The molecule has 1 aromatic heterocycles. The fourth-order valence-electron chi connectivity index (χ4n) is 2.72. The number of aromatic nitrogens is 2. The number of halogens is 1. The number of carbonyl (C=O) groups is 2. The van der Waals surface area contributed by atoms with Crippen LogP contribution in [0, 0.1) is 10.5 Å². The second kappa shape index (κ2) is 8.42. The molecule has 0 bridgehead atoms. The van der Waals surface area contributed by atoms with Crippen LogP contribution in [0.1, 0.15) is 16.1 Å². The van der Waals surface area contributed by atoms with Gasteiger partial charge in [-0.05, 0) is 53.8 Å². The van der Waals surface area contributed by atoms with Crippen molar-refractivity contribution in [3.63, 3.8) is 0 Å². The molecule has 0 aliphatic heterocycles. The molecular formula is C20H18IN3O4. The van der Waals surface area contributed by atoms with Crippen LogP contribution in [0.3, 0.4) is 0 Å². The van der Waals surface area contributed by atoms with Gasteiger partial charge in [-0.1, -0.05) is 30.3 Å². The Balaban J connectivity index is 1.74. The van der Waals surface area contributed by atoms with E-state index in [-0.39, 0.29) is 11.2 Å². The first-order valence-electron chi connectivity index (χ1n) is 8.45. The summed E-state index contributed by atoms with van der Waals surface area (Å²) < 4.78 is 8.92. The van der Waals surface area contributed by atoms with Crippen molar-refractivity contribution in [1.29, 1.82) is 0 Å². The van der Waals surface area contributed by atoms with Gasteiger partial charge in [-0.25, -0.2) is 9.48 Å². The van der Waals surface area contributed by atoms with Crippen LogP contribution in [0.25, 0.3) is 5.69 Å². The second-order valence-electron chi connectivity index (χ2n) is 6.04. The van der Waals surface area contributed by atoms with Gasteiger partial charge >= 0.3 is 5.97 Å². The molecular weight excluding hydrogens is 473 g/mol. The van der Waals surface area contributed by atoms with E-state index in [1.807, 2.05) is 40.8 Å². The first-order chi connectivity index (χ1) is 13.4. The lowest BCUT2D eigenvalue weighted by atomic mass is 10.2. The number of esters is 1. The first-order valence-corrected chi connectivity index (χ1v) is 9.53. The maximum atomic E-state index is 12.8. The lowest BCUT2D eigenvalue weighted by molar-refractivity contribution is -0.119. The highest BCUT2D eigenvalue weighted by Crippen LogP contribution is 2.15. The quantitative estimate of drug-likeness (QED) is 0.440. The number of anilines is 1. The number of para-hydroxylation sites is 1. The minimum absolute atomic E-state index is 0.154. The lowest BCUT2D eigenvalue weighted by Crippen LogP contribution is -2.26. The van der Waals surface area contributed by atoms with Crippen molar-refractivity contribution < 1.29 is 14.3 Å². The summed E-state index contributed by atoms with van der Waals surface area (Å²) in [5.74, 6) is -1.17. The number of carbonyl (C=O) groups excluding carboxylic acids is 2. The Labute approximate surface area is 175 Å². The topological polar surface area (TPSA) is 82.3 Å². The molecule has 1 amide bonds. The molecule has 0 aliphatic carbocycles. The number of nitrogens with one attached hydrogen (secondary N) is 1. The van der Waals surface area contributed by atoms with Gasteiger partial charge in [0.05, 0.1) is 16.9 Å². The van der Waals surface area contributed by atoms with Gasteiger partial charge in [-0.15, -0.1) is 0 Å². The van der Waals surface area contributed by atoms with E-state index in [0.29, 0.717) is 16.9 Å². The molecule has 0 spiro atoms. The highest BCUT2D eigenvalue weighted by atomic mass is 127. The summed E-state index contributed by atoms with van der Waals surface area (Å²) in [5, 5.41) is 2.56. The molecule has 8 heteroatoms. The highest BCUT2D eigenvalue weighted by Gasteiger charge is 2.19. The molecule has 2 aromatic carbocycles. The van der Waals surface area contributed by atoms with E-state index in [0.717, 1.165) is 3.57 Å². The number of amides is 1. The minimum Gasteiger partial charge on any atom is -0.452 e. The van der Waals surface area contributed by atoms with Crippen molar-refractivity contribution in [3.8, 4) is 5.69 Å². The Morgan fingerprint density at radius 1 is 1.07 bits per heavy atom. The van der Waals surface area contributed by atoms with Crippen LogP contribution >= 0.6 is 22.6 Å². The average molecular weight is 491 g/mol. The summed E-state index contributed by atoms with van der Waals surface area (Å²) in [6, 6.07) is 16.0. The van der Waals surface area contributed by atoms with Crippen molar-refractivity contribution in [2.45, 2.75) is 6.92 Å². The number of nitrogens with zero attached hydrogens (tertiary/aromatic N) is 2. The summed E-state index contributed by atoms with van der Waals surface area (Å²) in [5.41, 5.74) is 1.46. The van der Waals surface area contributed by atoms with Crippen molar-refractivity contribution in [3.05, 3.63) is 79.8 Å². The zero-order chi connectivity index (χ0) is 20.3. The molecule has 0 saturated carbocycles. The molecule has 28 heavy (non-hydrogen) atoms. The highest BCUT2D eigenvalue weighted by molar-refractivity contribution is 14.1. The minimum atomic E-state index is -0.591. The standard InChI is InChI=1S/C20H18IN3O4/c1-13-18(19(26)24(23(13)2)14-8-4-3-5-9-14)22-17(25)12-28-20(27)15-10-6-7-11-16(15)21/h3-11H,12H2,1-2H3,(H,22,25). The molecule has 3 aromatic rings. The fraction of sp³-hybridized carbons (Fsp3) is 0.150. The van der Waals surface area contributed by atoms with E-state index in [2.05, 4.69) is 5.32 Å². The molecule has 1 N–H and O–H groups in total. The molecule has 0 fully saturated rings. The van der Waals surface area contributed by atoms with Crippen molar-refractivity contribution in [1.82, 2.24) is 9.36 Å². The predicted octanol–water partition coefficient (Wildman–Crippen LogP) is 2.88. The van der Waals surface area contributed by atoms with E-state index in [1.54, 1.807) is 55.1 Å². The Hall–Kier alpha value is -2.88. The van der Waals surface area contributed by atoms with E-state index >= 15 is 0 Å². The number of rotatable bonds is 5. The van der Waals surface area contributed by atoms with Gasteiger partial charge < -0.3 is 10.1 Å². The smallest absolute Gasteiger partial charge is 0.339 e. The maximum Gasteiger partial charge on any atom is 0.339 e. The second-order valence-corrected chi connectivity index (χ2v) is 7.20. The number of ether oxygens (including phenoxy) is 1. The van der Waals surface area contributed by atoms with Gasteiger partial charge in [0.1, 0.15) is 5.69 Å². The van der Waals surface area contributed by atoms with Crippen molar-refractivity contribution in [2.75, 3.05) is 11.9 Å². The van der Waals surface area contributed by atoms with Gasteiger partial charge in [0.2, 0.25) is 0 Å². The Morgan fingerprint density at radius 3 is 2.39 bits per heavy atom. The van der Waals surface area contributed by atoms with Gasteiger partial charge in [-0.2, -0.15) is 0 Å². The van der Waals surface area contributed by atoms with E-state index in [9.17, 15) is 14.4 Å². The number of benzene rings is 2. The number of hydrogen-bond acceptors (Lipinski definition) is 4. The van der Waals surface area contributed by atoms with Gasteiger partial charge in [0, 0.05) is 10.6 Å². The van der Waals surface area contributed by atoms with Crippen molar-refractivity contribution >= 4 is 40.2 Å². The van der Waals surface area contributed by atoms with Crippen LogP contribution in [0.2, 0.25) is 0 Å². The SMILES string of the molecule is Cc1c(NC(=O)COC(=O)c2ccccc2I)c(=O)n(-c2ccccc2)n1C. The van der Waals surface area contributed by atoms with Gasteiger partial charge in [-0.3, -0.25) is 14.3 Å². The van der Waals surface area contributed by atoms with Crippen LogP contribution in [0.4, 0.5) is 5.69 Å². The van der Waals surface area contributed by atoms with Crippen LogP contribution in [-0.4, -0.2) is 27.8 Å². The first kappa shape index (κ1) is 19.9. The molecule has 0 aliphatic rings. The largest absolute Gasteiger partial charge is 0.452 e. The predicted molar refractivity (Wildman–Crippen MR) is 114 cm³/mol. The summed E-state index contributed by atoms with van der Waals surface area (Å²) >= 11 is 2.02. The zero-order valence-corrected chi connectivity index (χ0v) is 17.5. The summed E-state index contributed by atoms with van der Waals surface area (Å²) in [7, 11) is 1.73. The third-order valence-electron chi connectivity index (χ3n) is 4.25. The monoisotopic (exact) mass is 491 g/mol. The maximum absolute atomic E-state index is 12.8. The van der Waals surface area contributed by atoms with Gasteiger partial charge in [0.25, 0.3) is 11.5 Å². The Bertz CT molecular complexity index is 1090. The third kappa shape index (κ3) is 4.01. The zero-order valence-electron chi connectivity index (χ0n) is 15.3. The third-order valence-corrected chi connectivity index (χ3v) is 5.19. The molecule has 0 radical (unpaired) electrons.